The number of carbonyl (C=O) groups is 1. The fourth-order valence-corrected chi connectivity index (χ4v) is 1.45. The van der Waals surface area contributed by atoms with Gasteiger partial charge in [0.25, 0.3) is 0 Å². The van der Waals surface area contributed by atoms with Crippen molar-refractivity contribution in [3.8, 4) is 0 Å². The summed E-state index contributed by atoms with van der Waals surface area (Å²) in [4.78, 5) is 11.4. The molecular weight excluding hydrogens is 150 g/mol. The normalized spacial score (nSPS) is 25.4. The molecule has 1 rings (SSSR count). The van der Waals surface area contributed by atoms with E-state index in [-0.39, 0.29) is 11.8 Å². The van der Waals surface area contributed by atoms with E-state index in [4.69, 9.17) is 0 Å². The van der Waals surface area contributed by atoms with E-state index >= 15 is 0 Å². The van der Waals surface area contributed by atoms with Gasteiger partial charge in [0, 0.05) is 6.54 Å². The zero-order valence-electron chi connectivity index (χ0n) is 7.68. The third kappa shape index (κ3) is 2.68. The molecule has 1 atom stereocenters. The molecule has 1 fully saturated rings. The summed E-state index contributed by atoms with van der Waals surface area (Å²) in [7, 11) is 0. The van der Waals surface area contributed by atoms with Gasteiger partial charge in [-0.3, -0.25) is 4.79 Å². The first kappa shape index (κ1) is 9.30. The van der Waals surface area contributed by atoms with Crippen LogP contribution in [0.25, 0.3) is 0 Å². The second kappa shape index (κ2) is 4.96. The van der Waals surface area contributed by atoms with Crippen molar-refractivity contribution in [2.75, 3.05) is 6.54 Å². The van der Waals surface area contributed by atoms with Crippen LogP contribution in [0.1, 0.15) is 32.6 Å². The molecule has 0 aromatic carbocycles. The summed E-state index contributed by atoms with van der Waals surface area (Å²) in [6.45, 7) is 2.94. The van der Waals surface area contributed by atoms with Gasteiger partial charge in [-0.15, -0.1) is 0 Å². The van der Waals surface area contributed by atoms with Gasteiger partial charge in [0.05, 0.1) is 5.92 Å². The van der Waals surface area contributed by atoms with Crippen LogP contribution in [0.4, 0.5) is 0 Å². The summed E-state index contributed by atoms with van der Waals surface area (Å²) in [6, 6.07) is 0. The number of carbonyl (C=O) groups excluding carboxylic acids is 1. The highest BCUT2D eigenvalue weighted by molar-refractivity contribution is 5.80. The molecule has 1 aliphatic rings. The molecule has 2 heteroatoms. The molecule has 0 radical (unpaired) electrons. The van der Waals surface area contributed by atoms with E-state index < -0.39 is 0 Å². The SMILES string of the molecule is CCC=CC1CCCCNC1=O. The second-order valence-electron chi connectivity index (χ2n) is 3.23. The van der Waals surface area contributed by atoms with Crippen molar-refractivity contribution in [1.82, 2.24) is 5.32 Å². The minimum absolute atomic E-state index is 0.132. The molecule has 1 aliphatic heterocycles. The maximum Gasteiger partial charge on any atom is 0.226 e. The number of hydrogen-bond donors (Lipinski definition) is 1. The van der Waals surface area contributed by atoms with Gasteiger partial charge in [0.1, 0.15) is 0 Å². The number of allylic oxidation sites excluding steroid dienone is 1. The van der Waals surface area contributed by atoms with E-state index in [1.165, 1.54) is 0 Å². The molecule has 1 unspecified atom stereocenters. The van der Waals surface area contributed by atoms with E-state index in [1.807, 2.05) is 6.08 Å². The standard InChI is InChI=1S/C10H17NO/c1-2-3-6-9-7-4-5-8-11-10(9)12/h3,6,9H,2,4-5,7-8H2,1H3,(H,11,12). The van der Waals surface area contributed by atoms with Crippen LogP contribution in [0.3, 0.4) is 0 Å². The molecule has 1 heterocycles. The van der Waals surface area contributed by atoms with Gasteiger partial charge in [0.2, 0.25) is 5.91 Å². The number of nitrogens with one attached hydrogen (secondary N) is 1. The lowest BCUT2D eigenvalue weighted by Crippen LogP contribution is -2.27. The molecule has 0 spiro atoms. The minimum atomic E-state index is 0.132. The predicted octanol–water partition coefficient (Wildman–Crippen LogP) is 1.87. The van der Waals surface area contributed by atoms with Gasteiger partial charge in [-0.1, -0.05) is 25.5 Å². The summed E-state index contributed by atoms with van der Waals surface area (Å²) in [6.07, 6.45) is 8.45. The number of rotatable bonds is 2. The Kier molecular flexibility index (Phi) is 3.85. The highest BCUT2D eigenvalue weighted by atomic mass is 16.1. The average Bonchev–Trinajstić information content (AvgIpc) is 2.27. The molecule has 1 N–H and O–H groups in total. The highest BCUT2D eigenvalue weighted by Gasteiger charge is 2.16. The largest absolute Gasteiger partial charge is 0.356 e. The maximum atomic E-state index is 11.4. The van der Waals surface area contributed by atoms with E-state index in [9.17, 15) is 4.79 Å². The summed E-state index contributed by atoms with van der Waals surface area (Å²) in [5, 5.41) is 2.91. The molecule has 0 bridgehead atoms. The van der Waals surface area contributed by atoms with E-state index in [2.05, 4.69) is 18.3 Å². The van der Waals surface area contributed by atoms with E-state index in [0.717, 1.165) is 32.2 Å². The van der Waals surface area contributed by atoms with E-state index in [1.54, 1.807) is 0 Å². The molecule has 0 aromatic heterocycles. The molecule has 68 valence electrons. The maximum absolute atomic E-state index is 11.4. The monoisotopic (exact) mass is 167 g/mol. The molecule has 12 heavy (non-hydrogen) atoms. The fourth-order valence-electron chi connectivity index (χ4n) is 1.45. The summed E-state index contributed by atoms with van der Waals surface area (Å²) >= 11 is 0. The van der Waals surface area contributed by atoms with Crippen LogP contribution >= 0.6 is 0 Å². The Morgan fingerprint density at radius 3 is 3.17 bits per heavy atom. The van der Waals surface area contributed by atoms with Gasteiger partial charge in [0.15, 0.2) is 0 Å². The average molecular weight is 167 g/mol. The highest BCUT2D eigenvalue weighted by Crippen LogP contribution is 2.13. The van der Waals surface area contributed by atoms with Crippen molar-refractivity contribution in [2.24, 2.45) is 5.92 Å². The molecule has 0 saturated carbocycles. The van der Waals surface area contributed by atoms with Crippen LogP contribution < -0.4 is 5.32 Å². The Labute approximate surface area is 74.0 Å². The minimum Gasteiger partial charge on any atom is -0.356 e. The summed E-state index contributed by atoms with van der Waals surface area (Å²) < 4.78 is 0. The first-order valence-corrected chi connectivity index (χ1v) is 4.79. The van der Waals surface area contributed by atoms with Crippen LogP contribution in [0.15, 0.2) is 12.2 Å². The van der Waals surface area contributed by atoms with Crippen molar-refractivity contribution >= 4 is 5.91 Å². The predicted molar refractivity (Wildman–Crippen MR) is 49.8 cm³/mol. The van der Waals surface area contributed by atoms with Gasteiger partial charge in [-0.2, -0.15) is 0 Å². The smallest absolute Gasteiger partial charge is 0.226 e. The fraction of sp³-hybridized carbons (Fsp3) is 0.700. The van der Waals surface area contributed by atoms with Crippen LogP contribution in [-0.2, 0) is 4.79 Å². The Bertz CT molecular complexity index is 175. The quantitative estimate of drug-likeness (QED) is 0.625. The van der Waals surface area contributed by atoms with Crippen molar-refractivity contribution < 1.29 is 4.79 Å². The lowest BCUT2D eigenvalue weighted by Gasteiger charge is -2.06. The Balaban J connectivity index is 2.47. The Morgan fingerprint density at radius 1 is 1.58 bits per heavy atom. The first-order valence-electron chi connectivity index (χ1n) is 4.79. The lowest BCUT2D eigenvalue weighted by atomic mass is 10.0. The third-order valence-electron chi connectivity index (χ3n) is 2.18. The zero-order chi connectivity index (χ0) is 8.81. The van der Waals surface area contributed by atoms with E-state index in [0.29, 0.717) is 0 Å². The lowest BCUT2D eigenvalue weighted by molar-refractivity contribution is -0.123. The Hall–Kier alpha value is -0.790. The molecular formula is C10H17NO. The van der Waals surface area contributed by atoms with Crippen molar-refractivity contribution in [2.45, 2.75) is 32.6 Å². The van der Waals surface area contributed by atoms with Crippen LogP contribution in [-0.4, -0.2) is 12.5 Å². The van der Waals surface area contributed by atoms with Gasteiger partial charge < -0.3 is 5.32 Å². The summed E-state index contributed by atoms with van der Waals surface area (Å²) in [5.74, 6) is 0.338. The van der Waals surface area contributed by atoms with Crippen LogP contribution in [0.2, 0.25) is 0 Å². The zero-order valence-corrected chi connectivity index (χ0v) is 7.68. The van der Waals surface area contributed by atoms with Crippen molar-refractivity contribution in [3.63, 3.8) is 0 Å². The molecule has 1 saturated heterocycles. The van der Waals surface area contributed by atoms with Gasteiger partial charge >= 0.3 is 0 Å². The molecule has 0 aromatic rings. The summed E-state index contributed by atoms with van der Waals surface area (Å²) in [5.41, 5.74) is 0. The first-order chi connectivity index (χ1) is 5.84. The second-order valence-corrected chi connectivity index (χ2v) is 3.23. The van der Waals surface area contributed by atoms with Gasteiger partial charge in [-0.05, 0) is 19.3 Å². The number of hydrogen-bond acceptors (Lipinski definition) is 1. The van der Waals surface area contributed by atoms with Crippen LogP contribution in [0, 0.1) is 5.92 Å². The molecule has 0 aliphatic carbocycles. The third-order valence-corrected chi connectivity index (χ3v) is 2.18. The molecule has 2 nitrogen and oxygen atoms in total. The van der Waals surface area contributed by atoms with Crippen molar-refractivity contribution in [3.05, 3.63) is 12.2 Å². The van der Waals surface area contributed by atoms with Crippen molar-refractivity contribution in [1.29, 1.82) is 0 Å². The topological polar surface area (TPSA) is 29.1 Å². The Morgan fingerprint density at radius 2 is 2.42 bits per heavy atom. The van der Waals surface area contributed by atoms with Gasteiger partial charge in [-0.25, -0.2) is 0 Å². The molecule has 1 amide bonds. The number of amides is 1. The van der Waals surface area contributed by atoms with Crippen LogP contribution in [0.5, 0.6) is 0 Å².